The Morgan fingerprint density at radius 3 is 2.69 bits per heavy atom. The van der Waals surface area contributed by atoms with Crippen molar-refractivity contribution in [1.82, 2.24) is 0 Å². The average molecular weight is 220 g/mol. The summed E-state index contributed by atoms with van der Waals surface area (Å²) in [6.07, 6.45) is 2.90. The highest BCUT2D eigenvalue weighted by Crippen LogP contribution is 2.11. The van der Waals surface area contributed by atoms with Crippen LogP contribution < -0.4 is 4.74 Å². The molecule has 0 aliphatic heterocycles. The van der Waals surface area contributed by atoms with Crippen molar-refractivity contribution in [2.45, 2.75) is 20.0 Å². The summed E-state index contributed by atoms with van der Waals surface area (Å²) in [7, 11) is 0. The number of carbonyl (C=O) groups excluding carboxylic acids is 1. The van der Waals surface area contributed by atoms with Gasteiger partial charge in [0.05, 0.1) is 6.61 Å². The zero-order chi connectivity index (χ0) is 11.8. The predicted molar refractivity (Wildman–Crippen MR) is 62.3 cm³/mol. The van der Waals surface area contributed by atoms with E-state index < -0.39 is 0 Å². The lowest BCUT2D eigenvalue weighted by Gasteiger charge is -2.10. The van der Waals surface area contributed by atoms with Gasteiger partial charge in [0.25, 0.3) is 0 Å². The zero-order valence-electron chi connectivity index (χ0n) is 9.55. The van der Waals surface area contributed by atoms with Crippen LogP contribution in [-0.4, -0.2) is 18.7 Å². The summed E-state index contributed by atoms with van der Waals surface area (Å²) in [4.78, 5) is 11.0. The van der Waals surface area contributed by atoms with E-state index in [-0.39, 0.29) is 12.1 Å². The Morgan fingerprint density at radius 2 is 2.06 bits per heavy atom. The first-order valence-corrected chi connectivity index (χ1v) is 5.29. The number of rotatable bonds is 5. The second-order valence-electron chi connectivity index (χ2n) is 3.25. The molecule has 0 amide bonds. The van der Waals surface area contributed by atoms with Crippen LogP contribution in [0, 0.1) is 0 Å². The molecule has 3 heteroatoms. The molecule has 1 unspecified atom stereocenters. The Bertz CT molecular complexity index is 343. The summed E-state index contributed by atoms with van der Waals surface area (Å²) in [5.41, 5.74) is 0. The number of hydrogen-bond acceptors (Lipinski definition) is 3. The molecule has 0 saturated carbocycles. The Morgan fingerprint density at radius 1 is 1.38 bits per heavy atom. The Kier molecular flexibility index (Phi) is 5.12. The van der Waals surface area contributed by atoms with Crippen LogP contribution in [0.4, 0.5) is 0 Å². The SMILES string of the molecule is CCOC(=O)/C=C/C(C)Oc1ccccc1. The molecule has 0 aliphatic rings. The molecule has 0 fully saturated rings. The first-order chi connectivity index (χ1) is 7.72. The molecular formula is C13H16O3. The first-order valence-electron chi connectivity index (χ1n) is 5.29. The highest BCUT2D eigenvalue weighted by molar-refractivity contribution is 5.81. The van der Waals surface area contributed by atoms with Gasteiger partial charge in [0.2, 0.25) is 0 Å². The number of esters is 1. The molecule has 0 bridgehead atoms. The molecule has 86 valence electrons. The molecule has 0 spiro atoms. The van der Waals surface area contributed by atoms with Crippen molar-refractivity contribution < 1.29 is 14.3 Å². The number of carbonyl (C=O) groups is 1. The fourth-order valence-electron chi connectivity index (χ4n) is 1.16. The molecule has 1 rings (SSSR count). The molecule has 0 radical (unpaired) electrons. The molecule has 1 aromatic carbocycles. The van der Waals surface area contributed by atoms with Gasteiger partial charge in [-0.25, -0.2) is 4.79 Å². The summed E-state index contributed by atoms with van der Waals surface area (Å²) in [5.74, 6) is 0.439. The lowest BCUT2D eigenvalue weighted by Crippen LogP contribution is -2.09. The molecule has 0 heterocycles. The fraction of sp³-hybridized carbons (Fsp3) is 0.308. The van der Waals surface area contributed by atoms with Gasteiger partial charge < -0.3 is 9.47 Å². The maximum absolute atomic E-state index is 11.0. The molecule has 0 aromatic heterocycles. The lowest BCUT2D eigenvalue weighted by atomic mass is 10.3. The standard InChI is InChI=1S/C13H16O3/c1-3-15-13(14)10-9-11(2)16-12-7-5-4-6-8-12/h4-11H,3H2,1-2H3/b10-9+. The molecule has 16 heavy (non-hydrogen) atoms. The summed E-state index contributed by atoms with van der Waals surface area (Å²) >= 11 is 0. The molecule has 0 aliphatic carbocycles. The van der Waals surface area contributed by atoms with Crippen LogP contribution in [0.3, 0.4) is 0 Å². The highest BCUT2D eigenvalue weighted by atomic mass is 16.5. The van der Waals surface area contributed by atoms with E-state index in [2.05, 4.69) is 0 Å². The number of benzene rings is 1. The van der Waals surface area contributed by atoms with Crippen molar-refractivity contribution >= 4 is 5.97 Å². The number of para-hydroxylation sites is 1. The fourth-order valence-corrected chi connectivity index (χ4v) is 1.16. The zero-order valence-corrected chi connectivity index (χ0v) is 9.55. The number of hydrogen-bond donors (Lipinski definition) is 0. The quantitative estimate of drug-likeness (QED) is 0.565. The van der Waals surface area contributed by atoms with E-state index in [1.165, 1.54) is 6.08 Å². The van der Waals surface area contributed by atoms with Gasteiger partial charge in [0, 0.05) is 6.08 Å². The smallest absolute Gasteiger partial charge is 0.330 e. The van der Waals surface area contributed by atoms with Gasteiger partial charge in [-0.3, -0.25) is 0 Å². The van der Waals surface area contributed by atoms with Crippen LogP contribution >= 0.6 is 0 Å². The van der Waals surface area contributed by atoms with E-state index >= 15 is 0 Å². The normalized spacial score (nSPS) is 12.4. The molecule has 3 nitrogen and oxygen atoms in total. The van der Waals surface area contributed by atoms with Gasteiger partial charge in [-0.15, -0.1) is 0 Å². The predicted octanol–water partition coefficient (Wildman–Crippen LogP) is 2.57. The van der Waals surface area contributed by atoms with Crippen LogP contribution in [0.2, 0.25) is 0 Å². The Hall–Kier alpha value is -1.77. The van der Waals surface area contributed by atoms with E-state index in [1.54, 1.807) is 13.0 Å². The van der Waals surface area contributed by atoms with E-state index in [9.17, 15) is 4.79 Å². The van der Waals surface area contributed by atoms with E-state index in [0.717, 1.165) is 5.75 Å². The highest BCUT2D eigenvalue weighted by Gasteiger charge is 2.00. The number of ether oxygens (including phenoxy) is 2. The maximum atomic E-state index is 11.0. The Balaban J connectivity index is 2.41. The third kappa shape index (κ3) is 4.64. The molecular weight excluding hydrogens is 204 g/mol. The minimum absolute atomic E-state index is 0.160. The van der Waals surface area contributed by atoms with Crippen LogP contribution in [0.25, 0.3) is 0 Å². The third-order valence-electron chi connectivity index (χ3n) is 1.86. The van der Waals surface area contributed by atoms with E-state index in [4.69, 9.17) is 9.47 Å². The molecule has 1 aromatic rings. The molecule has 0 saturated heterocycles. The minimum atomic E-state index is -0.342. The van der Waals surface area contributed by atoms with Crippen LogP contribution in [0.1, 0.15) is 13.8 Å². The van der Waals surface area contributed by atoms with Crippen LogP contribution in [0.15, 0.2) is 42.5 Å². The van der Waals surface area contributed by atoms with Gasteiger partial charge in [-0.2, -0.15) is 0 Å². The Labute approximate surface area is 95.7 Å². The van der Waals surface area contributed by atoms with Gasteiger partial charge in [-0.05, 0) is 32.1 Å². The van der Waals surface area contributed by atoms with Crippen molar-refractivity contribution in [3.63, 3.8) is 0 Å². The maximum Gasteiger partial charge on any atom is 0.330 e. The largest absolute Gasteiger partial charge is 0.487 e. The monoisotopic (exact) mass is 220 g/mol. The first kappa shape index (κ1) is 12.3. The summed E-state index contributed by atoms with van der Waals surface area (Å²) < 4.78 is 10.3. The van der Waals surface area contributed by atoms with Crippen LogP contribution in [0.5, 0.6) is 5.75 Å². The van der Waals surface area contributed by atoms with Gasteiger partial charge in [0.15, 0.2) is 0 Å². The minimum Gasteiger partial charge on any atom is -0.487 e. The second kappa shape index (κ2) is 6.67. The summed E-state index contributed by atoms with van der Waals surface area (Å²) in [6.45, 7) is 4.02. The van der Waals surface area contributed by atoms with Gasteiger partial charge in [-0.1, -0.05) is 18.2 Å². The average Bonchev–Trinajstić information content (AvgIpc) is 2.28. The van der Waals surface area contributed by atoms with E-state index in [1.807, 2.05) is 37.3 Å². The van der Waals surface area contributed by atoms with Crippen molar-refractivity contribution in [3.8, 4) is 5.75 Å². The van der Waals surface area contributed by atoms with Crippen molar-refractivity contribution in [2.24, 2.45) is 0 Å². The second-order valence-corrected chi connectivity index (χ2v) is 3.25. The van der Waals surface area contributed by atoms with Crippen molar-refractivity contribution in [1.29, 1.82) is 0 Å². The third-order valence-corrected chi connectivity index (χ3v) is 1.86. The summed E-state index contributed by atoms with van der Waals surface area (Å²) in [6, 6.07) is 9.46. The topological polar surface area (TPSA) is 35.5 Å². The van der Waals surface area contributed by atoms with E-state index in [0.29, 0.717) is 6.61 Å². The van der Waals surface area contributed by atoms with Crippen LogP contribution in [-0.2, 0) is 9.53 Å². The molecule has 1 atom stereocenters. The van der Waals surface area contributed by atoms with Gasteiger partial charge >= 0.3 is 5.97 Å². The van der Waals surface area contributed by atoms with Crippen molar-refractivity contribution in [2.75, 3.05) is 6.61 Å². The summed E-state index contributed by atoms with van der Waals surface area (Å²) in [5, 5.41) is 0. The lowest BCUT2D eigenvalue weighted by molar-refractivity contribution is -0.137. The van der Waals surface area contributed by atoms with Crippen molar-refractivity contribution in [3.05, 3.63) is 42.5 Å². The van der Waals surface area contributed by atoms with Gasteiger partial charge in [0.1, 0.15) is 11.9 Å². The molecule has 0 N–H and O–H groups in total.